The molecule has 19 heavy (non-hydrogen) atoms. The van der Waals surface area contributed by atoms with Crippen molar-refractivity contribution in [1.82, 2.24) is 5.32 Å². The lowest BCUT2D eigenvalue weighted by Crippen LogP contribution is -2.21. The molecule has 104 valence electrons. The van der Waals surface area contributed by atoms with Crippen LogP contribution >= 0.6 is 0 Å². The van der Waals surface area contributed by atoms with Gasteiger partial charge in [0.2, 0.25) is 0 Å². The molecule has 0 spiro atoms. The fourth-order valence-corrected chi connectivity index (χ4v) is 2.46. The van der Waals surface area contributed by atoms with Crippen LogP contribution < -0.4 is 5.32 Å². The average molecular weight is 259 g/mol. The first-order chi connectivity index (χ1) is 9.28. The molecule has 0 bridgehead atoms. The lowest BCUT2D eigenvalue weighted by Gasteiger charge is -2.14. The molecule has 2 rings (SSSR count). The Morgan fingerprint density at radius 2 is 1.95 bits per heavy atom. The Hall–Kier alpha value is -1.28. The van der Waals surface area contributed by atoms with Crippen molar-refractivity contribution in [2.75, 3.05) is 6.54 Å². The number of furan rings is 1. The molecule has 0 radical (unpaired) electrons. The van der Waals surface area contributed by atoms with Gasteiger partial charge < -0.3 is 9.73 Å². The van der Waals surface area contributed by atoms with Crippen LogP contribution in [0, 0.1) is 0 Å². The van der Waals surface area contributed by atoms with Gasteiger partial charge in [-0.2, -0.15) is 0 Å². The monoisotopic (exact) mass is 259 g/mol. The highest BCUT2D eigenvalue weighted by molar-refractivity contribution is 5.78. The molecule has 1 unspecified atom stereocenters. The van der Waals surface area contributed by atoms with E-state index in [9.17, 15) is 0 Å². The molecule has 0 amide bonds. The SMILES string of the molecule is CCCNC(CCC)c1cc2cc(CC)ccc2o1. The van der Waals surface area contributed by atoms with Gasteiger partial charge in [-0.15, -0.1) is 0 Å². The van der Waals surface area contributed by atoms with Gasteiger partial charge in [-0.1, -0.05) is 33.3 Å². The van der Waals surface area contributed by atoms with Crippen molar-refractivity contribution >= 4 is 11.0 Å². The number of nitrogens with one attached hydrogen (secondary N) is 1. The van der Waals surface area contributed by atoms with Gasteiger partial charge in [0.15, 0.2) is 0 Å². The Labute approximate surface area is 116 Å². The highest BCUT2D eigenvalue weighted by Gasteiger charge is 2.14. The van der Waals surface area contributed by atoms with Crippen LogP contribution in [0.4, 0.5) is 0 Å². The maximum Gasteiger partial charge on any atom is 0.134 e. The third kappa shape index (κ3) is 3.38. The highest BCUT2D eigenvalue weighted by atomic mass is 16.3. The van der Waals surface area contributed by atoms with Crippen LogP contribution in [-0.4, -0.2) is 6.54 Å². The fraction of sp³-hybridized carbons (Fsp3) is 0.529. The molecular formula is C17H25NO. The van der Waals surface area contributed by atoms with E-state index in [1.54, 1.807) is 0 Å². The molecule has 1 aromatic heterocycles. The van der Waals surface area contributed by atoms with E-state index in [2.05, 4.69) is 50.4 Å². The third-order valence-electron chi connectivity index (χ3n) is 3.57. The van der Waals surface area contributed by atoms with E-state index in [-0.39, 0.29) is 0 Å². The van der Waals surface area contributed by atoms with Crippen LogP contribution in [0.3, 0.4) is 0 Å². The second kappa shape index (κ2) is 6.76. The second-order valence-electron chi connectivity index (χ2n) is 5.17. The van der Waals surface area contributed by atoms with Gasteiger partial charge in [0.25, 0.3) is 0 Å². The smallest absolute Gasteiger partial charge is 0.134 e. The Bertz CT molecular complexity index is 515. The Morgan fingerprint density at radius 3 is 2.63 bits per heavy atom. The van der Waals surface area contributed by atoms with E-state index >= 15 is 0 Å². The molecule has 0 saturated heterocycles. The summed E-state index contributed by atoms with van der Waals surface area (Å²) in [5.41, 5.74) is 2.38. The zero-order valence-electron chi connectivity index (χ0n) is 12.3. The maximum absolute atomic E-state index is 6.02. The predicted octanol–water partition coefficient (Wildman–Crippen LogP) is 4.84. The van der Waals surface area contributed by atoms with Crippen molar-refractivity contribution in [3.05, 3.63) is 35.6 Å². The average Bonchev–Trinajstić information content (AvgIpc) is 2.85. The number of hydrogen-bond acceptors (Lipinski definition) is 2. The van der Waals surface area contributed by atoms with E-state index in [4.69, 9.17) is 4.42 Å². The van der Waals surface area contributed by atoms with Crippen LogP contribution in [0.1, 0.15) is 57.4 Å². The van der Waals surface area contributed by atoms with Gasteiger partial charge in [0.1, 0.15) is 11.3 Å². The molecule has 2 heteroatoms. The van der Waals surface area contributed by atoms with Gasteiger partial charge in [-0.25, -0.2) is 0 Å². The fourth-order valence-electron chi connectivity index (χ4n) is 2.46. The summed E-state index contributed by atoms with van der Waals surface area (Å²) in [7, 11) is 0. The molecule has 1 N–H and O–H groups in total. The molecule has 0 saturated carbocycles. The van der Waals surface area contributed by atoms with Crippen molar-refractivity contribution < 1.29 is 4.42 Å². The summed E-state index contributed by atoms with van der Waals surface area (Å²) in [6.45, 7) is 7.65. The molecular weight excluding hydrogens is 234 g/mol. The minimum atomic E-state index is 0.349. The summed E-state index contributed by atoms with van der Waals surface area (Å²) in [5.74, 6) is 1.08. The van der Waals surface area contributed by atoms with Gasteiger partial charge in [-0.05, 0) is 49.6 Å². The number of aryl methyl sites for hydroxylation is 1. The molecule has 0 fully saturated rings. The predicted molar refractivity (Wildman–Crippen MR) is 81.5 cm³/mol. The van der Waals surface area contributed by atoms with E-state index < -0.39 is 0 Å². The molecule has 1 heterocycles. The zero-order chi connectivity index (χ0) is 13.7. The first kappa shape index (κ1) is 14.1. The third-order valence-corrected chi connectivity index (χ3v) is 3.57. The summed E-state index contributed by atoms with van der Waals surface area (Å²) in [6.07, 6.45) is 4.52. The minimum Gasteiger partial charge on any atom is -0.459 e. The number of benzene rings is 1. The molecule has 2 nitrogen and oxygen atoms in total. The molecule has 2 aromatic rings. The summed E-state index contributed by atoms with van der Waals surface area (Å²) in [4.78, 5) is 0. The number of hydrogen-bond donors (Lipinski definition) is 1. The van der Waals surface area contributed by atoms with Gasteiger partial charge in [0, 0.05) is 5.39 Å². The van der Waals surface area contributed by atoms with Crippen molar-refractivity contribution in [3.63, 3.8) is 0 Å². The standard InChI is InChI=1S/C17H25NO/c1-4-7-15(18-10-5-2)17-12-14-11-13(6-3)8-9-16(14)19-17/h8-9,11-12,15,18H,4-7,10H2,1-3H3. The lowest BCUT2D eigenvalue weighted by atomic mass is 10.1. The van der Waals surface area contributed by atoms with Gasteiger partial charge in [-0.3, -0.25) is 0 Å². The van der Waals surface area contributed by atoms with E-state index in [0.717, 1.165) is 37.2 Å². The van der Waals surface area contributed by atoms with Crippen molar-refractivity contribution in [2.24, 2.45) is 0 Å². The molecule has 0 aliphatic heterocycles. The lowest BCUT2D eigenvalue weighted by molar-refractivity contribution is 0.408. The summed E-state index contributed by atoms with van der Waals surface area (Å²) in [5, 5.41) is 4.81. The Kier molecular flexibility index (Phi) is 5.03. The topological polar surface area (TPSA) is 25.2 Å². The van der Waals surface area contributed by atoms with E-state index in [0.29, 0.717) is 6.04 Å². The van der Waals surface area contributed by atoms with E-state index in [1.807, 2.05) is 0 Å². The van der Waals surface area contributed by atoms with Crippen LogP contribution in [0.25, 0.3) is 11.0 Å². The molecule has 0 aliphatic carbocycles. The van der Waals surface area contributed by atoms with Crippen LogP contribution in [0.5, 0.6) is 0 Å². The van der Waals surface area contributed by atoms with Gasteiger partial charge >= 0.3 is 0 Å². The molecule has 1 atom stereocenters. The summed E-state index contributed by atoms with van der Waals surface area (Å²) < 4.78 is 6.02. The first-order valence-corrected chi connectivity index (χ1v) is 7.54. The minimum absolute atomic E-state index is 0.349. The van der Waals surface area contributed by atoms with Crippen LogP contribution in [0.15, 0.2) is 28.7 Å². The second-order valence-corrected chi connectivity index (χ2v) is 5.17. The van der Waals surface area contributed by atoms with Crippen molar-refractivity contribution in [1.29, 1.82) is 0 Å². The maximum atomic E-state index is 6.02. The normalized spacial score (nSPS) is 13.0. The van der Waals surface area contributed by atoms with Gasteiger partial charge in [0.05, 0.1) is 6.04 Å². The van der Waals surface area contributed by atoms with Crippen molar-refractivity contribution in [3.8, 4) is 0 Å². The Morgan fingerprint density at radius 1 is 1.11 bits per heavy atom. The van der Waals surface area contributed by atoms with Crippen LogP contribution in [0.2, 0.25) is 0 Å². The van der Waals surface area contributed by atoms with Crippen molar-refractivity contribution in [2.45, 2.75) is 52.5 Å². The number of rotatable bonds is 7. The summed E-state index contributed by atoms with van der Waals surface area (Å²) in [6, 6.07) is 9.05. The highest BCUT2D eigenvalue weighted by Crippen LogP contribution is 2.27. The quantitative estimate of drug-likeness (QED) is 0.770. The van der Waals surface area contributed by atoms with E-state index in [1.165, 1.54) is 17.4 Å². The van der Waals surface area contributed by atoms with Crippen LogP contribution in [-0.2, 0) is 6.42 Å². The first-order valence-electron chi connectivity index (χ1n) is 7.54. The summed E-state index contributed by atoms with van der Waals surface area (Å²) >= 11 is 0. The number of fused-ring (bicyclic) bond motifs is 1. The zero-order valence-corrected chi connectivity index (χ0v) is 12.3. The molecule has 1 aromatic carbocycles. The molecule has 0 aliphatic rings. The Balaban J connectivity index is 2.26. The largest absolute Gasteiger partial charge is 0.459 e.